The second kappa shape index (κ2) is 7.32. The predicted molar refractivity (Wildman–Crippen MR) is 103 cm³/mol. The van der Waals surface area contributed by atoms with Crippen LogP contribution in [0.15, 0.2) is 77.7 Å². The Morgan fingerprint density at radius 1 is 0.923 bits per heavy atom. The molecular formula is C20H16ClNO3S. The molecule has 0 radical (unpaired) electrons. The van der Waals surface area contributed by atoms with E-state index in [9.17, 15) is 13.2 Å². The number of anilines is 1. The third-order valence-electron chi connectivity index (χ3n) is 3.84. The Hall–Kier alpha value is -2.63. The lowest BCUT2D eigenvalue weighted by molar-refractivity contribution is 0.103. The maximum absolute atomic E-state index is 12.8. The van der Waals surface area contributed by atoms with Gasteiger partial charge in [0.05, 0.1) is 10.6 Å². The van der Waals surface area contributed by atoms with Crippen molar-refractivity contribution in [3.8, 4) is 0 Å². The molecule has 0 heterocycles. The number of ketones is 1. The van der Waals surface area contributed by atoms with Crippen LogP contribution in [-0.2, 0) is 10.0 Å². The second-order valence-electron chi connectivity index (χ2n) is 5.80. The number of hydrogen-bond acceptors (Lipinski definition) is 3. The van der Waals surface area contributed by atoms with E-state index in [-0.39, 0.29) is 21.9 Å². The number of aryl methyl sites for hydroxylation is 1. The Morgan fingerprint density at radius 3 is 2.23 bits per heavy atom. The Morgan fingerprint density at radius 2 is 1.58 bits per heavy atom. The summed E-state index contributed by atoms with van der Waals surface area (Å²) in [6.07, 6.45) is 0. The molecule has 0 spiro atoms. The average molecular weight is 386 g/mol. The molecular weight excluding hydrogens is 370 g/mol. The number of halogens is 1. The number of carbonyl (C=O) groups excluding carboxylic acids is 1. The van der Waals surface area contributed by atoms with Crippen LogP contribution in [0.5, 0.6) is 0 Å². The van der Waals surface area contributed by atoms with Crippen LogP contribution in [0.4, 0.5) is 5.69 Å². The first-order valence-corrected chi connectivity index (χ1v) is 9.72. The molecule has 0 unspecified atom stereocenters. The summed E-state index contributed by atoms with van der Waals surface area (Å²) in [5.74, 6) is -0.288. The van der Waals surface area contributed by atoms with Gasteiger partial charge in [-0.1, -0.05) is 59.6 Å². The lowest BCUT2D eigenvalue weighted by Gasteiger charge is -2.13. The zero-order chi connectivity index (χ0) is 18.7. The number of carbonyl (C=O) groups is 1. The van der Waals surface area contributed by atoms with E-state index in [1.54, 1.807) is 48.5 Å². The summed E-state index contributed by atoms with van der Waals surface area (Å²) in [6.45, 7) is 1.87. The maximum atomic E-state index is 12.8. The first-order chi connectivity index (χ1) is 12.4. The quantitative estimate of drug-likeness (QED) is 0.648. The molecule has 0 aliphatic carbocycles. The molecule has 0 atom stereocenters. The van der Waals surface area contributed by atoms with E-state index in [2.05, 4.69) is 4.72 Å². The van der Waals surface area contributed by atoms with Crippen molar-refractivity contribution in [3.63, 3.8) is 0 Å². The molecule has 0 aromatic heterocycles. The molecule has 3 aromatic carbocycles. The Balaban J connectivity index is 2.01. The van der Waals surface area contributed by atoms with Crippen molar-refractivity contribution >= 4 is 33.1 Å². The first-order valence-electron chi connectivity index (χ1n) is 7.85. The Bertz CT molecular complexity index is 1050. The number of benzene rings is 3. The van der Waals surface area contributed by atoms with E-state index in [1.807, 2.05) is 6.92 Å². The van der Waals surface area contributed by atoms with E-state index < -0.39 is 10.0 Å². The van der Waals surface area contributed by atoms with Gasteiger partial charge in [-0.25, -0.2) is 8.42 Å². The van der Waals surface area contributed by atoms with E-state index in [4.69, 9.17) is 11.6 Å². The summed E-state index contributed by atoms with van der Waals surface area (Å²) in [6, 6.07) is 19.6. The second-order valence-corrected chi connectivity index (χ2v) is 7.92. The minimum Gasteiger partial charge on any atom is -0.289 e. The highest BCUT2D eigenvalue weighted by molar-refractivity contribution is 7.92. The molecule has 1 N–H and O–H groups in total. The molecule has 0 aliphatic rings. The number of nitrogens with one attached hydrogen (secondary N) is 1. The van der Waals surface area contributed by atoms with Gasteiger partial charge in [0, 0.05) is 16.1 Å². The summed E-state index contributed by atoms with van der Waals surface area (Å²) in [7, 11) is -3.85. The lowest BCUT2D eigenvalue weighted by atomic mass is 10.0. The highest BCUT2D eigenvalue weighted by Crippen LogP contribution is 2.26. The molecule has 0 bridgehead atoms. The average Bonchev–Trinajstić information content (AvgIpc) is 2.62. The number of hydrogen-bond donors (Lipinski definition) is 1. The van der Waals surface area contributed by atoms with Crippen LogP contribution in [-0.4, -0.2) is 14.2 Å². The Kier molecular flexibility index (Phi) is 5.11. The fourth-order valence-corrected chi connectivity index (χ4v) is 3.71. The fraction of sp³-hybridized carbons (Fsp3) is 0.0500. The van der Waals surface area contributed by atoms with Gasteiger partial charge in [-0.15, -0.1) is 0 Å². The zero-order valence-electron chi connectivity index (χ0n) is 13.9. The van der Waals surface area contributed by atoms with Gasteiger partial charge in [-0.3, -0.25) is 9.52 Å². The normalized spacial score (nSPS) is 11.2. The molecule has 26 heavy (non-hydrogen) atoms. The monoisotopic (exact) mass is 385 g/mol. The largest absolute Gasteiger partial charge is 0.289 e. The zero-order valence-corrected chi connectivity index (χ0v) is 15.5. The first kappa shape index (κ1) is 18.2. The molecule has 0 aliphatic heterocycles. The van der Waals surface area contributed by atoms with E-state index in [0.29, 0.717) is 10.6 Å². The summed E-state index contributed by atoms with van der Waals surface area (Å²) >= 11 is 6.02. The van der Waals surface area contributed by atoms with Crippen molar-refractivity contribution < 1.29 is 13.2 Å². The Labute approximate surface area is 157 Å². The van der Waals surface area contributed by atoms with Gasteiger partial charge in [0.1, 0.15) is 0 Å². The molecule has 0 amide bonds. The van der Waals surface area contributed by atoms with Crippen molar-refractivity contribution in [1.29, 1.82) is 0 Å². The van der Waals surface area contributed by atoms with Crippen molar-refractivity contribution in [1.82, 2.24) is 0 Å². The van der Waals surface area contributed by atoms with Gasteiger partial charge in [-0.05, 0) is 37.3 Å². The topological polar surface area (TPSA) is 63.2 Å². The van der Waals surface area contributed by atoms with Crippen LogP contribution >= 0.6 is 11.6 Å². The summed E-state index contributed by atoms with van der Waals surface area (Å²) < 4.78 is 27.8. The minimum atomic E-state index is -3.85. The number of sulfonamides is 1. The molecule has 0 saturated carbocycles. The smallest absolute Gasteiger partial charge is 0.261 e. The van der Waals surface area contributed by atoms with Crippen LogP contribution in [0.3, 0.4) is 0 Å². The molecule has 3 rings (SSSR count). The van der Waals surface area contributed by atoms with E-state index in [1.165, 1.54) is 24.3 Å². The van der Waals surface area contributed by atoms with E-state index >= 15 is 0 Å². The molecule has 132 valence electrons. The minimum absolute atomic E-state index is 0.112. The summed E-state index contributed by atoms with van der Waals surface area (Å²) in [5, 5.41) is 0.330. The van der Waals surface area contributed by atoms with Gasteiger partial charge in [0.2, 0.25) is 0 Å². The molecule has 6 heteroatoms. The SMILES string of the molecule is Cc1ccc(S(=O)(=O)Nc2cc(Cl)ccc2C(=O)c2ccccc2)cc1. The van der Waals surface area contributed by atoms with Crippen molar-refractivity contribution in [2.45, 2.75) is 11.8 Å². The van der Waals surface area contributed by atoms with Gasteiger partial charge < -0.3 is 0 Å². The van der Waals surface area contributed by atoms with Crippen LogP contribution in [0.1, 0.15) is 21.5 Å². The fourth-order valence-electron chi connectivity index (χ4n) is 2.47. The third-order valence-corrected chi connectivity index (χ3v) is 5.45. The highest BCUT2D eigenvalue weighted by atomic mass is 35.5. The molecule has 0 saturated heterocycles. The summed E-state index contributed by atoms with van der Waals surface area (Å²) in [4.78, 5) is 12.9. The van der Waals surface area contributed by atoms with Crippen molar-refractivity contribution in [2.24, 2.45) is 0 Å². The third kappa shape index (κ3) is 3.95. The van der Waals surface area contributed by atoms with Crippen molar-refractivity contribution in [3.05, 3.63) is 94.5 Å². The van der Waals surface area contributed by atoms with Gasteiger partial charge in [0.15, 0.2) is 5.78 Å². The van der Waals surface area contributed by atoms with Gasteiger partial charge in [-0.2, -0.15) is 0 Å². The molecule has 4 nitrogen and oxygen atoms in total. The van der Waals surface area contributed by atoms with Crippen LogP contribution in [0.25, 0.3) is 0 Å². The van der Waals surface area contributed by atoms with Crippen molar-refractivity contribution in [2.75, 3.05) is 4.72 Å². The van der Waals surface area contributed by atoms with Crippen LogP contribution in [0, 0.1) is 6.92 Å². The van der Waals surface area contributed by atoms with E-state index in [0.717, 1.165) is 5.56 Å². The lowest BCUT2D eigenvalue weighted by Crippen LogP contribution is -2.16. The molecule has 0 fully saturated rings. The van der Waals surface area contributed by atoms with Gasteiger partial charge in [0.25, 0.3) is 10.0 Å². The van der Waals surface area contributed by atoms with Gasteiger partial charge >= 0.3 is 0 Å². The maximum Gasteiger partial charge on any atom is 0.261 e. The number of rotatable bonds is 5. The highest BCUT2D eigenvalue weighted by Gasteiger charge is 2.20. The molecule has 3 aromatic rings. The summed E-state index contributed by atoms with van der Waals surface area (Å²) in [5.41, 5.74) is 1.79. The van der Waals surface area contributed by atoms with Crippen LogP contribution in [0.2, 0.25) is 5.02 Å². The standard InChI is InChI=1S/C20H16ClNO3S/c1-14-7-10-17(11-8-14)26(24,25)22-19-13-16(21)9-12-18(19)20(23)15-5-3-2-4-6-15/h2-13,22H,1H3. The predicted octanol–water partition coefficient (Wildman–Crippen LogP) is 4.68. The van der Waals surface area contributed by atoms with Crippen LogP contribution < -0.4 is 4.72 Å².